The van der Waals surface area contributed by atoms with Gasteiger partial charge in [-0.05, 0) is 12.1 Å². The van der Waals surface area contributed by atoms with Crippen molar-refractivity contribution in [2.24, 2.45) is 0 Å². The summed E-state index contributed by atoms with van der Waals surface area (Å²) in [6.07, 6.45) is 1.35. The van der Waals surface area contributed by atoms with Gasteiger partial charge in [-0.15, -0.1) is 0 Å². The molecule has 0 aliphatic heterocycles. The second kappa shape index (κ2) is 7.06. The number of carbonyl (C=O) groups excluding carboxylic acids is 2. The molecule has 4 N–H and O–H groups in total. The Morgan fingerprint density at radius 2 is 1.93 bits per heavy atom. The van der Waals surface area contributed by atoms with Gasteiger partial charge in [-0.2, -0.15) is 5.10 Å². The minimum absolute atomic E-state index is 0.0451. The summed E-state index contributed by atoms with van der Waals surface area (Å²) < 4.78 is 0. The van der Waals surface area contributed by atoms with Crippen LogP contribution in [-0.2, 0) is 10.2 Å². The highest BCUT2D eigenvalue weighted by molar-refractivity contribution is 6.00. The molecule has 0 fully saturated rings. The zero-order valence-corrected chi connectivity index (χ0v) is 15.3. The number of amides is 2. The highest BCUT2D eigenvalue weighted by atomic mass is 16.2. The standard InChI is InChI=1S/C19H21N5O3/c1-19(2,3)14-8-15(24-23-14)22-16(25)10-21-18(27)12-9-20-13-7-5-4-6-11(13)17(12)26/h4-9H,10H2,1-3H3,(H,20,26)(H,21,27)(H2,22,23,24,25). The fourth-order valence-electron chi connectivity index (χ4n) is 2.55. The molecule has 8 nitrogen and oxygen atoms in total. The summed E-state index contributed by atoms with van der Waals surface area (Å²) >= 11 is 0. The summed E-state index contributed by atoms with van der Waals surface area (Å²) in [6.45, 7) is 5.79. The Labute approximate surface area is 155 Å². The number of anilines is 1. The zero-order chi connectivity index (χ0) is 19.6. The Balaban J connectivity index is 1.64. The molecule has 8 heteroatoms. The number of para-hydroxylation sites is 1. The number of hydrogen-bond donors (Lipinski definition) is 4. The molecule has 0 aliphatic carbocycles. The van der Waals surface area contributed by atoms with Gasteiger partial charge in [0.05, 0.1) is 6.54 Å². The van der Waals surface area contributed by atoms with Crippen LogP contribution in [0.2, 0.25) is 0 Å². The lowest BCUT2D eigenvalue weighted by molar-refractivity contribution is -0.115. The molecule has 0 atom stereocenters. The third kappa shape index (κ3) is 4.05. The van der Waals surface area contributed by atoms with Crippen LogP contribution in [-0.4, -0.2) is 33.5 Å². The van der Waals surface area contributed by atoms with E-state index in [4.69, 9.17) is 0 Å². The van der Waals surface area contributed by atoms with Gasteiger partial charge >= 0.3 is 0 Å². The van der Waals surface area contributed by atoms with Gasteiger partial charge in [0, 0.05) is 34.3 Å². The van der Waals surface area contributed by atoms with Crippen molar-refractivity contribution < 1.29 is 9.59 Å². The van der Waals surface area contributed by atoms with Crippen LogP contribution in [0.15, 0.2) is 41.3 Å². The van der Waals surface area contributed by atoms with Gasteiger partial charge in [0.25, 0.3) is 5.91 Å². The average Bonchev–Trinajstić information content (AvgIpc) is 3.09. The van der Waals surface area contributed by atoms with Gasteiger partial charge in [0.2, 0.25) is 11.3 Å². The van der Waals surface area contributed by atoms with Gasteiger partial charge in [0.1, 0.15) is 5.56 Å². The number of nitrogens with zero attached hydrogens (tertiary/aromatic N) is 1. The van der Waals surface area contributed by atoms with E-state index in [0.717, 1.165) is 5.69 Å². The number of fused-ring (bicyclic) bond motifs is 1. The fraction of sp³-hybridized carbons (Fsp3) is 0.263. The van der Waals surface area contributed by atoms with Crippen molar-refractivity contribution in [3.05, 3.63) is 58.0 Å². The van der Waals surface area contributed by atoms with E-state index in [1.54, 1.807) is 30.3 Å². The van der Waals surface area contributed by atoms with E-state index in [9.17, 15) is 14.4 Å². The normalized spacial score (nSPS) is 11.4. The highest BCUT2D eigenvalue weighted by Crippen LogP contribution is 2.21. The summed E-state index contributed by atoms with van der Waals surface area (Å²) in [5.41, 5.74) is 0.969. The molecular weight excluding hydrogens is 346 g/mol. The van der Waals surface area contributed by atoms with Crippen molar-refractivity contribution in [3.8, 4) is 0 Å². The Morgan fingerprint density at radius 1 is 1.19 bits per heavy atom. The summed E-state index contributed by atoms with van der Waals surface area (Å²) in [7, 11) is 0. The molecule has 0 saturated carbocycles. The van der Waals surface area contributed by atoms with E-state index in [-0.39, 0.29) is 23.0 Å². The van der Waals surface area contributed by atoms with Gasteiger partial charge in [-0.1, -0.05) is 32.9 Å². The van der Waals surface area contributed by atoms with Crippen molar-refractivity contribution in [1.29, 1.82) is 0 Å². The molecule has 3 aromatic rings. The highest BCUT2D eigenvalue weighted by Gasteiger charge is 2.18. The first-order chi connectivity index (χ1) is 12.8. The van der Waals surface area contributed by atoms with Crippen LogP contribution in [0.1, 0.15) is 36.8 Å². The molecule has 0 spiro atoms. The van der Waals surface area contributed by atoms with Gasteiger partial charge in [-0.3, -0.25) is 19.5 Å². The largest absolute Gasteiger partial charge is 0.360 e. The summed E-state index contributed by atoms with van der Waals surface area (Å²) in [4.78, 5) is 39.6. The minimum Gasteiger partial charge on any atom is -0.360 e. The third-order valence-electron chi connectivity index (χ3n) is 4.10. The van der Waals surface area contributed by atoms with Crippen LogP contribution >= 0.6 is 0 Å². The lowest BCUT2D eigenvalue weighted by atomic mass is 9.92. The van der Waals surface area contributed by atoms with E-state index in [1.165, 1.54) is 6.20 Å². The van der Waals surface area contributed by atoms with E-state index < -0.39 is 11.8 Å². The first-order valence-corrected chi connectivity index (χ1v) is 8.50. The van der Waals surface area contributed by atoms with Gasteiger partial charge in [0.15, 0.2) is 5.82 Å². The van der Waals surface area contributed by atoms with Crippen LogP contribution in [0, 0.1) is 0 Å². The second-order valence-corrected chi connectivity index (χ2v) is 7.22. The number of carbonyl (C=O) groups is 2. The molecule has 3 rings (SSSR count). The summed E-state index contributed by atoms with van der Waals surface area (Å²) in [6, 6.07) is 8.66. The number of hydrogen-bond acceptors (Lipinski definition) is 4. The number of aromatic amines is 2. The van der Waals surface area contributed by atoms with E-state index in [2.05, 4.69) is 25.8 Å². The number of aromatic nitrogens is 3. The maximum atomic E-state index is 12.4. The molecule has 2 aromatic heterocycles. The first-order valence-electron chi connectivity index (χ1n) is 8.50. The van der Waals surface area contributed by atoms with Crippen molar-refractivity contribution in [1.82, 2.24) is 20.5 Å². The van der Waals surface area contributed by atoms with Crippen molar-refractivity contribution >= 4 is 28.5 Å². The molecule has 0 radical (unpaired) electrons. The predicted octanol–water partition coefficient (Wildman–Crippen LogP) is 1.92. The quantitative estimate of drug-likeness (QED) is 0.563. The molecule has 2 amide bonds. The van der Waals surface area contributed by atoms with Crippen molar-refractivity contribution in [2.45, 2.75) is 26.2 Å². The monoisotopic (exact) mass is 367 g/mol. The number of nitrogens with one attached hydrogen (secondary N) is 4. The Hall–Kier alpha value is -3.42. The van der Waals surface area contributed by atoms with E-state index in [0.29, 0.717) is 16.7 Å². The van der Waals surface area contributed by atoms with Crippen LogP contribution in [0.25, 0.3) is 10.9 Å². The Bertz CT molecular complexity index is 1060. The molecule has 0 saturated heterocycles. The SMILES string of the molecule is CC(C)(C)c1cc(NC(=O)CNC(=O)c2c[nH]c3ccccc3c2=O)n[nH]1. The van der Waals surface area contributed by atoms with Gasteiger partial charge in [-0.25, -0.2) is 0 Å². The molecule has 27 heavy (non-hydrogen) atoms. The minimum atomic E-state index is -0.616. The van der Waals surface area contributed by atoms with Crippen LogP contribution in [0.5, 0.6) is 0 Å². The predicted molar refractivity (Wildman–Crippen MR) is 103 cm³/mol. The van der Waals surface area contributed by atoms with Crippen molar-refractivity contribution in [2.75, 3.05) is 11.9 Å². The Morgan fingerprint density at radius 3 is 2.63 bits per heavy atom. The lowest BCUT2D eigenvalue weighted by Crippen LogP contribution is -2.35. The topological polar surface area (TPSA) is 120 Å². The lowest BCUT2D eigenvalue weighted by Gasteiger charge is -2.14. The Kier molecular flexibility index (Phi) is 4.81. The molecular formula is C19H21N5O3. The molecule has 140 valence electrons. The van der Waals surface area contributed by atoms with Crippen molar-refractivity contribution in [3.63, 3.8) is 0 Å². The first kappa shape index (κ1) is 18.4. The number of benzene rings is 1. The summed E-state index contributed by atoms with van der Waals surface area (Å²) in [5.74, 6) is -0.676. The maximum absolute atomic E-state index is 12.4. The van der Waals surface area contributed by atoms with Gasteiger partial charge < -0.3 is 15.6 Å². The molecule has 1 aromatic carbocycles. The smallest absolute Gasteiger partial charge is 0.257 e. The van der Waals surface area contributed by atoms with E-state index >= 15 is 0 Å². The number of rotatable bonds is 4. The maximum Gasteiger partial charge on any atom is 0.257 e. The van der Waals surface area contributed by atoms with Crippen LogP contribution < -0.4 is 16.1 Å². The molecule has 0 aliphatic rings. The molecule has 0 bridgehead atoms. The van der Waals surface area contributed by atoms with E-state index in [1.807, 2.05) is 20.8 Å². The summed E-state index contributed by atoms with van der Waals surface area (Å²) in [5, 5.41) is 12.4. The number of pyridine rings is 1. The zero-order valence-electron chi connectivity index (χ0n) is 15.3. The number of H-pyrrole nitrogens is 2. The third-order valence-corrected chi connectivity index (χ3v) is 4.10. The van der Waals surface area contributed by atoms with Crippen LogP contribution in [0.3, 0.4) is 0 Å². The molecule has 2 heterocycles. The average molecular weight is 367 g/mol. The van der Waals surface area contributed by atoms with Crippen LogP contribution in [0.4, 0.5) is 5.82 Å². The second-order valence-electron chi connectivity index (χ2n) is 7.22. The fourth-order valence-corrected chi connectivity index (χ4v) is 2.55. The molecule has 0 unspecified atom stereocenters.